The molecule has 3 heteroatoms. The molecular weight excluding hydrogens is 156 g/mol. The first-order chi connectivity index (χ1) is 5.34. The van der Waals surface area contributed by atoms with E-state index in [1.54, 1.807) is 0 Å². The monoisotopic (exact) mass is 165 g/mol. The molecule has 2 nitrogen and oxygen atoms in total. The van der Waals surface area contributed by atoms with Crippen molar-refractivity contribution in [2.75, 3.05) is 0 Å². The minimum Gasteiger partial charge on any atom is -0.262 e. The number of nitrogens with zero attached hydrogens (tertiary/aromatic N) is 2. The molecule has 0 amide bonds. The van der Waals surface area contributed by atoms with E-state index in [9.17, 15) is 0 Å². The molecule has 7 heavy (non-hydrogen) atoms. The molecule has 0 bridgehead atoms. The van der Waals surface area contributed by atoms with E-state index in [0.29, 0.717) is 4.68 Å². The third-order valence-corrected chi connectivity index (χ3v) is 1.03. The van der Waals surface area contributed by atoms with Crippen molar-refractivity contribution >= 4 is 15.9 Å². The predicted octanol–water partition coefficient (Wildman–Crippen LogP) is 1.18. The van der Waals surface area contributed by atoms with Crippen LogP contribution in [0.15, 0.2) is 16.8 Å². The van der Waals surface area contributed by atoms with Gasteiger partial charge >= 0.3 is 0 Å². The van der Waals surface area contributed by atoms with Crippen molar-refractivity contribution in [3.8, 4) is 0 Å². The molecule has 0 aliphatic heterocycles. The third kappa shape index (κ3) is 0.825. The normalized spacial score (nSPS) is 21.6. The third-order valence-electron chi connectivity index (χ3n) is 0.495. The zero-order valence-electron chi connectivity index (χ0n) is 8.27. The minimum absolute atomic E-state index is 0.00694. The fourth-order valence-electron chi connectivity index (χ4n) is 0.218. The number of hydrogen-bond donors (Lipinski definition) is 0. The van der Waals surface area contributed by atoms with Crippen molar-refractivity contribution in [2.45, 2.75) is 0 Å². The minimum atomic E-state index is -2.44. The van der Waals surface area contributed by atoms with Crippen molar-refractivity contribution < 1.29 is 6.85 Å². The molecule has 0 spiro atoms. The molecule has 0 unspecified atom stereocenters. The average Bonchev–Trinajstić information content (AvgIpc) is 2.15. The number of aromatic nitrogens is 2. The predicted molar refractivity (Wildman–Crippen MR) is 30.9 cm³/mol. The Morgan fingerprint density at radius 1 is 2.29 bits per heavy atom. The van der Waals surface area contributed by atoms with Crippen LogP contribution in [0.4, 0.5) is 0 Å². The van der Waals surface area contributed by atoms with E-state index >= 15 is 0 Å². The van der Waals surface area contributed by atoms with Crippen LogP contribution in [0.2, 0.25) is 0 Å². The second-order valence-corrected chi connectivity index (χ2v) is 1.69. The van der Waals surface area contributed by atoms with E-state index in [0.717, 1.165) is 0 Å². The summed E-state index contributed by atoms with van der Waals surface area (Å²) in [6, 6.07) is -0.217. The maximum atomic E-state index is 7.18. The topological polar surface area (TPSA) is 17.8 Å². The first-order valence-electron chi connectivity index (χ1n) is 4.06. The second kappa shape index (κ2) is 1.66. The zero-order valence-corrected chi connectivity index (χ0v) is 4.86. The molecule has 1 heterocycles. The van der Waals surface area contributed by atoms with Crippen LogP contribution in [-0.2, 0) is 6.98 Å². The van der Waals surface area contributed by atoms with Gasteiger partial charge in [-0.1, -0.05) is 0 Å². The van der Waals surface area contributed by atoms with Crippen LogP contribution < -0.4 is 0 Å². The van der Waals surface area contributed by atoms with E-state index in [-0.39, 0.29) is 16.8 Å². The molecule has 0 aromatic carbocycles. The molecule has 1 rings (SSSR count). The Morgan fingerprint density at radius 2 is 3.14 bits per heavy atom. The molecule has 0 fully saturated rings. The van der Waals surface area contributed by atoms with Crippen LogP contribution >= 0.6 is 15.9 Å². The summed E-state index contributed by atoms with van der Waals surface area (Å²) in [6.07, 6.45) is -0.349. The standard InChI is InChI=1S/C4H5BrN2/c1-7-4(5)2-3-6-7/h2-3H,1H3/i1D3,2D,3D. The van der Waals surface area contributed by atoms with Crippen LogP contribution in [-0.4, -0.2) is 9.78 Å². The number of halogens is 1. The van der Waals surface area contributed by atoms with Crippen LogP contribution in [0, 0.1) is 0 Å². The molecule has 0 N–H and O–H groups in total. The number of hydrogen-bond acceptors (Lipinski definition) is 1. The largest absolute Gasteiger partial charge is 0.262 e. The lowest BCUT2D eigenvalue weighted by Gasteiger charge is -1.85. The smallest absolute Gasteiger partial charge is 0.103 e. The van der Waals surface area contributed by atoms with Gasteiger partial charge in [-0.05, 0) is 22.0 Å². The Bertz CT molecular complexity index is 303. The highest BCUT2D eigenvalue weighted by Gasteiger charge is 1.86. The second-order valence-electron chi connectivity index (χ2n) is 0.939. The maximum absolute atomic E-state index is 7.18. The van der Waals surface area contributed by atoms with E-state index in [4.69, 9.17) is 6.85 Å². The van der Waals surface area contributed by atoms with Gasteiger partial charge in [-0.25, -0.2) is 0 Å². The number of rotatable bonds is 0. The van der Waals surface area contributed by atoms with Gasteiger partial charge in [-0.3, -0.25) is 4.68 Å². The Balaban J connectivity index is 3.28. The Hall–Kier alpha value is -0.310. The van der Waals surface area contributed by atoms with Crippen molar-refractivity contribution in [1.29, 1.82) is 0 Å². The van der Waals surface area contributed by atoms with Gasteiger partial charge < -0.3 is 0 Å². The van der Waals surface area contributed by atoms with Gasteiger partial charge in [0.25, 0.3) is 0 Å². The highest BCUT2D eigenvalue weighted by atomic mass is 79.9. The van der Waals surface area contributed by atoms with Crippen LogP contribution in [0.3, 0.4) is 0 Å². The number of aryl methyl sites for hydroxylation is 1. The summed E-state index contributed by atoms with van der Waals surface area (Å²) < 4.78 is 35.8. The fourth-order valence-corrected chi connectivity index (χ4v) is 0.386. The average molecular weight is 166 g/mol. The van der Waals surface area contributed by atoms with Gasteiger partial charge in [0.2, 0.25) is 0 Å². The van der Waals surface area contributed by atoms with E-state index in [1.165, 1.54) is 0 Å². The molecule has 1 aromatic rings. The Labute approximate surface area is 57.3 Å². The van der Waals surface area contributed by atoms with Crippen molar-refractivity contribution in [1.82, 2.24) is 9.78 Å². The maximum Gasteiger partial charge on any atom is 0.103 e. The lowest BCUT2D eigenvalue weighted by atomic mass is 10.8. The van der Waals surface area contributed by atoms with Gasteiger partial charge in [-0.15, -0.1) is 0 Å². The van der Waals surface area contributed by atoms with Gasteiger partial charge in [0, 0.05) is 11.1 Å². The first kappa shape index (κ1) is 1.58. The highest BCUT2D eigenvalue weighted by Crippen LogP contribution is 2.03. The Kier molecular flexibility index (Phi) is 0.375. The molecule has 0 aliphatic carbocycles. The SMILES string of the molecule is [2H]c1nn(C([2H])([2H])[2H])c(Br)c1[2H]. The lowest BCUT2D eigenvalue weighted by Crippen LogP contribution is -1.87. The first-order valence-corrected chi connectivity index (χ1v) is 2.35. The molecule has 0 saturated heterocycles. The van der Waals surface area contributed by atoms with Crippen molar-refractivity contribution in [3.63, 3.8) is 0 Å². The molecule has 1 aromatic heterocycles. The fraction of sp³-hybridized carbons (Fsp3) is 0.250. The zero-order chi connectivity index (χ0) is 9.52. The van der Waals surface area contributed by atoms with E-state index in [2.05, 4.69) is 21.0 Å². The molecule has 38 valence electrons. The summed E-state index contributed by atoms with van der Waals surface area (Å²) in [5.74, 6) is 0. The lowest BCUT2D eigenvalue weighted by molar-refractivity contribution is 0.750. The summed E-state index contributed by atoms with van der Waals surface area (Å²) in [6.45, 7) is -2.44. The molecule has 0 atom stereocenters. The van der Waals surface area contributed by atoms with Gasteiger partial charge in [0.05, 0.1) is 8.91 Å². The molecule has 0 saturated carbocycles. The van der Waals surface area contributed by atoms with Crippen LogP contribution in [0.1, 0.15) is 6.85 Å². The van der Waals surface area contributed by atoms with Crippen molar-refractivity contribution in [3.05, 3.63) is 16.8 Å². The van der Waals surface area contributed by atoms with Crippen LogP contribution in [0.5, 0.6) is 0 Å². The van der Waals surface area contributed by atoms with Crippen LogP contribution in [0.25, 0.3) is 0 Å². The van der Waals surface area contributed by atoms with Gasteiger partial charge in [0.15, 0.2) is 0 Å². The summed E-state index contributed by atoms with van der Waals surface area (Å²) in [5, 5.41) is 3.37. The molecular formula is C4H5BrN2. The highest BCUT2D eigenvalue weighted by molar-refractivity contribution is 9.10. The summed E-state index contributed by atoms with van der Waals surface area (Å²) in [4.78, 5) is 0. The summed E-state index contributed by atoms with van der Waals surface area (Å²) in [7, 11) is 0. The summed E-state index contributed by atoms with van der Waals surface area (Å²) in [5.41, 5.74) is 0. The quantitative estimate of drug-likeness (QED) is 0.565. The van der Waals surface area contributed by atoms with E-state index in [1.807, 2.05) is 0 Å². The van der Waals surface area contributed by atoms with Crippen molar-refractivity contribution in [2.24, 2.45) is 6.98 Å². The van der Waals surface area contributed by atoms with E-state index < -0.39 is 6.98 Å². The van der Waals surface area contributed by atoms with Gasteiger partial charge in [-0.2, -0.15) is 5.10 Å². The van der Waals surface area contributed by atoms with Gasteiger partial charge in [0.1, 0.15) is 4.60 Å². The molecule has 0 aliphatic rings. The summed E-state index contributed by atoms with van der Waals surface area (Å²) >= 11 is 2.87. The molecule has 0 radical (unpaired) electrons. The Morgan fingerprint density at radius 3 is 3.43 bits per heavy atom.